The molecule has 3 atom stereocenters. The van der Waals surface area contributed by atoms with Crippen LogP contribution in [-0.4, -0.2) is 36.9 Å². The lowest BCUT2D eigenvalue weighted by molar-refractivity contribution is -0.146. The molecule has 0 bridgehead atoms. The van der Waals surface area contributed by atoms with Crippen molar-refractivity contribution in [2.45, 2.75) is 31.9 Å². The van der Waals surface area contributed by atoms with E-state index < -0.39 is 11.9 Å². The average Bonchev–Trinajstić information content (AvgIpc) is 2.58. The number of rotatable bonds is 4. The molecule has 0 unspecified atom stereocenters. The normalized spacial score (nSPS) is 25.1. The maximum absolute atomic E-state index is 10.7. The fourth-order valence-corrected chi connectivity index (χ4v) is 1.85. The Bertz CT molecular complexity index is 183. The molecule has 0 aliphatic carbocycles. The Hall–Kier alpha value is -0.320. The van der Waals surface area contributed by atoms with E-state index in [1.165, 1.54) is 0 Å². The molecule has 4 nitrogen and oxygen atoms in total. The summed E-state index contributed by atoms with van der Waals surface area (Å²) < 4.78 is 5.21. The largest absolute Gasteiger partial charge is 0.481 e. The minimum atomic E-state index is -0.791. The number of aliphatic carboxylic acids is 1. The zero-order valence-electron chi connectivity index (χ0n) is 8.53. The van der Waals surface area contributed by atoms with E-state index in [0.29, 0.717) is 0 Å². The third kappa shape index (κ3) is 3.12. The van der Waals surface area contributed by atoms with Crippen LogP contribution >= 0.6 is 12.4 Å². The number of hydrogen-bond acceptors (Lipinski definition) is 3. The van der Waals surface area contributed by atoms with Crippen LogP contribution in [0.2, 0.25) is 0 Å². The smallest absolute Gasteiger partial charge is 0.308 e. The third-order valence-corrected chi connectivity index (χ3v) is 2.65. The van der Waals surface area contributed by atoms with Crippen molar-refractivity contribution in [2.75, 3.05) is 13.7 Å². The summed E-state index contributed by atoms with van der Waals surface area (Å²) in [7, 11) is 1.57. The predicted molar refractivity (Wildman–Crippen MR) is 55.9 cm³/mol. The van der Waals surface area contributed by atoms with E-state index in [9.17, 15) is 4.79 Å². The molecule has 1 aliphatic heterocycles. The molecular weight excluding hydrogens is 206 g/mol. The van der Waals surface area contributed by atoms with Crippen molar-refractivity contribution in [3.05, 3.63) is 0 Å². The van der Waals surface area contributed by atoms with Crippen LogP contribution in [0.4, 0.5) is 0 Å². The number of hydrogen-bond donors (Lipinski definition) is 2. The summed E-state index contributed by atoms with van der Waals surface area (Å²) in [6.45, 7) is 2.66. The molecule has 0 spiro atoms. The summed E-state index contributed by atoms with van der Waals surface area (Å²) >= 11 is 0. The van der Waals surface area contributed by atoms with Crippen molar-refractivity contribution in [3.63, 3.8) is 0 Å². The standard InChI is InChI=1S/C9H17NO3.ClH/c1-6(9(11)12)8(13-2)7-4-3-5-10-7;/h6-8,10H,3-5H2,1-2H3,(H,11,12);1H/t6-,7+,8+;/m1./s1. The topological polar surface area (TPSA) is 58.6 Å². The second-order valence-electron chi connectivity index (χ2n) is 3.53. The summed E-state index contributed by atoms with van der Waals surface area (Å²) in [5, 5.41) is 12.1. The van der Waals surface area contributed by atoms with E-state index in [4.69, 9.17) is 9.84 Å². The lowest BCUT2D eigenvalue weighted by Gasteiger charge is -2.25. The van der Waals surface area contributed by atoms with Crippen LogP contribution < -0.4 is 5.32 Å². The van der Waals surface area contributed by atoms with Gasteiger partial charge in [-0.1, -0.05) is 0 Å². The van der Waals surface area contributed by atoms with Crippen LogP contribution in [-0.2, 0) is 9.53 Å². The Kier molecular flexibility index (Phi) is 6.08. The quantitative estimate of drug-likeness (QED) is 0.744. The first kappa shape index (κ1) is 13.7. The van der Waals surface area contributed by atoms with Crippen molar-refractivity contribution >= 4 is 18.4 Å². The maximum atomic E-state index is 10.7. The Balaban J connectivity index is 0.00000169. The number of ether oxygens (including phenoxy) is 1. The van der Waals surface area contributed by atoms with Gasteiger partial charge in [0.05, 0.1) is 12.0 Å². The number of carboxylic acid groups (broad SMARTS) is 1. The number of methoxy groups -OCH3 is 1. The van der Waals surface area contributed by atoms with Gasteiger partial charge >= 0.3 is 5.97 Å². The van der Waals surface area contributed by atoms with Crippen LogP contribution in [0.5, 0.6) is 0 Å². The van der Waals surface area contributed by atoms with Crippen LogP contribution in [0, 0.1) is 5.92 Å². The molecule has 0 aromatic heterocycles. The van der Waals surface area contributed by atoms with Crippen LogP contribution in [0.25, 0.3) is 0 Å². The number of halogens is 1. The zero-order valence-corrected chi connectivity index (χ0v) is 9.34. The van der Waals surface area contributed by atoms with E-state index in [2.05, 4.69) is 5.32 Å². The Morgan fingerprint density at radius 1 is 1.64 bits per heavy atom. The second-order valence-corrected chi connectivity index (χ2v) is 3.53. The first-order chi connectivity index (χ1) is 6.16. The van der Waals surface area contributed by atoms with E-state index in [1.54, 1.807) is 14.0 Å². The molecule has 2 N–H and O–H groups in total. The van der Waals surface area contributed by atoms with Gasteiger partial charge in [-0.2, -0.15) is 0 Å². The van der Waals surface area contributed by atoms with Gasteiger partial charge in [0.2, 0.25) is 0 Å². The van der Waals surface area contributed by atoms with Gasteiger partial charge in [0.15, 0.2) is 0 Å². The van der Waals surface area contributed by atoms with Crippen molar-refractivity contribution in [2.24, 2.45) is 5.92 Å². The molecule has 0 amide bonds. The van der Waals surface area contributed by atoms with Gasteiger partial charge < -0.3 is 15.2 Å². The minimum Gasteiger partial charge on any atom is -0.481 e. The fraction of sp³-hybridized carbons (Fsp3) is 0.889. The SMILES string of the molecule is CO[C@H]([C@@H]1CCCN1)[C@@H](C)C(=O)O.Cl. The maximum Gasteiger partial charge on any atom is 0.308 e. The van der Waals surface area contributed by atoms with Crippen LogP contribution in [0.1, 0.15) is 19.8 Å². The van der Waals surface area contributed by atoms with Gasteiger partial charge in [0.25, 0.3) is 0 Å². The van der Waals surface area contributed by atoms with Gasteiger partial charge in [0.1, 0.15) is 0 Å². The van der Waals surface area contributed by atoms with Gasteiger partial charge in [-0.25, -0.2) is 0 Å². The van der Waals surface area contributed by atoms with E-state index in [-0.39, 0.29) is 24.6 Å². The highest BCUT2D eigenvalue weighted by Gasteiger charge is 2.32. The van der Waals surface area contributed by atoms with Crippen molar-refractivity contribution in [1.29, 1.82) is 0 Å². The lowest BCUT2D eigenvalue weighted by Crippen LogP contribution is -2.43. The summed E-state index contributed by atoms with van der Waals surface area (Å²) in [6.07, 6.45) is 1.91. The molecule has 1 aliphatic rings. The molecular formula is C9H18ClNO3. The highest BCUT2D eigenvalue weighted by atomic mass is 35.5. The van der Waals surface area contributed by atoms with Crippen molar-refractivity contribution in [3.8, 4) is 0 Å². The van der Waals surface area contributed by atoms with Crippen molar-refractivity contribution < 1.29 is 14.6 Å². The summed E-state index contributed by atoms with van der Waals surface area (Å²) in [5.41, 5.74) is 0. The first-order valence-corrected chi connectivity index (χ1v) is 4.65. The van der Waals surface area contributed by atoms with E-state index in [1.807, 2.05) is 0 Å². The number of carbonyl (C=O) groups is 1. The van der Waals surface area contributed by atoms with Gasteiger partial charge in [-0.05, 0) is 26.3 Å². The molecule has 0 aromatic rings. The van der Waals surface area contributed by atoms with E-state index >= 15 is 0 Å². The molecule has 14 heavy (non-hydrogen) atoms. The highest BCUT2D eigenvalue weighted by Crippen LogP contribution is 2.18. The molecule has 1 rings (SSSR count). The molecule has 5 heteroatoms. The average molecular weight is 224 g/mol. The number of nitrogens with one attached hydrogen (secondary N) is 1. The zero-order chi connectivity index (χ0) is 9.84. The summed E-state index contributed by atoms with van der Waals surface area (Å²) in [4.78, 5) is 10.7. The third-order valence-electron chi connectivity index (χ3n) is 2.65. The summed E-state index contributed by atoms with van der Waals surface area (Å²) in [5.74, 6) is -1.24. The molecule has 0 radical (unpaired) electrons. The minimum absolute atomic E-state index is 0. The molecule has 0 saturated carbocycles. The lowest BCUT2D eigenvalue weighted by atomic mass is 9.97. The first-order valence-electron chi connectivity index (χ1n) is 4.65. The molecule has 84 valence electrons. The molecule has 1 heterocycles. The Morgan fingerprint density at radius 2 is 2.29 bits per heavy atom. The van der Waals surface area contributed by atoms with E-state index in [0.717, 1.165) is 19.4 Å². The summed E-state index contributed by atoms with van der Waals surface area (Å²) in [6, 6.07) is 0.205. The second kappa shape index (κ2) is 6.22. The van der Waals surface area contributed by atoms with Gasteiger partial charge in [-0.3, -0.25) is 4.79 Å². The molecule has 1 saturated heterocycles. The van der Waals surface area contributed by atoms with Gasteiger partial charge in [0, 0.05) is 13.2 Å². The Morgan fingerprint density at radius 3 is 2.64 bits per heavy atom. The highest BCUT2D eigenvalue weighted by molar-refractivity contribution is 5.85. The monoisotopic (exact) mass is 223 g/mol. The van der Waals surface area contributed by atoms with Crippen LogP contribution in [0.15, 0.2) is 0 Å². The van der Waals surface area contributed by atoms with Crippen LogP contribution in [0.3, 0.4) is 0 Å². The molecule has 1 fully saturated rings. The Labute approximate surface area is 90.4 Å². The fourth-order valence-electron chi connectivity index (χ4n) is 1.85. The van der Waals surface area contributed by atoms with Crippen molar-refractivity contribution in [1.82, 2.24) is 5.32 Å². The van der Waals surface area contributed by atoms with Gasteiger partial charge in [-0.15, -0.1) is 12.4 Å². The number of carboxylic acids is 1. The predicted octanol–water partition coefficient (Wildman–Crippen LogP) is 0.896. The molecule has 0 aromatic carbocycles.